The van der Waals surface area contributed by atoms with E-state index in [1.54, 1.807) is 42.5 Å². The summed E-state index contributed by atoms with van der Waals surface area (Å²) in [6.07, 6.45) is 4.09. The summed E-state index contributed by atoms with van der Waals surface area (Å²) >= 11 is 12.2. The van der Waals surface area contributed by atoms with Crippen molar-refractivity contribution < 1.29 is 19.5 Å². The normalized spacial score (nSPS) is 15.1. The van der Waals surface area contributed by atoms with Crippen LogP contribution in [0.4, 0.5) is 5.69 Å². The number of halogens is 2. The van der Waals surface area contributed by atoms with E-state index in [9.17, 15) is 19.5 Å². The summed E-state index contributed by atoms with van der Waals surface area (Å²) in [5.74, 6) is -1.74. The average Bonchev–Trinajstić information content (AvgIpc) is 3.35. The molecule has 1 aliphatic rings. The molecule has 0 unspecified atom stereocenters. The Morgan fingerprint density at radius 1 is 0.838 bits per heavy atom. The Kier molecular flexibility index (Phi) is 8.52. The molecule has 6 nitrogen and oxygen atoms in total. The number of anilines is 1. The van der Waals surface area contributed by atoms with E-state index in [4.69, 9.17) is 23.2 Å². The number of carboxylic acids is 1. The van der Waals surface area contributed by atoms with Crippen molar-refractivity contribution in [2.75, 3.05) is 5.32 Å². The van der Waals surface area contributed by atoms with Crippen molar-refractivity contribution in [1.82, 2.24) is 5.32 Å². The van der Waals surface area contributed by atoms with Crippen LogP contribution in [0.1, 0.15) is 47.2 Å². The highest BCUT2D eigenvalue weighted by Gasteiger charge is 2.42. The van der Waals surface area contributed by atoms with Gasteiger partial charge in [0.25, 0.3) is 5.91 Å². The maximum absolute atomic E-state index is 13.4. The Morgan fingerprint density at radius 2 is 1.46 bits per heavy atom. The van der Waals surface area contributed by atoms with Gasteiger partial charge in [-0.15, -0.1) is 0 Å². The lowest BCUT2D eigenvalue weighted by molar-refractivity contribution is -0.143. The first-order valence-electron chi connectivity index (χ1n) is 12.2. The van der Waals surface area contributed by atoms with Crippen molar-refractivity contribution in [3.05, 3.63) is 99.5 Å². The molecule has 37 heavy (non-hydrogen) atoms. The van der Waals surface area contributed by atoms with Crippen molar-refractivity contribution in [3.63, 3.8) is 0 Å². The summed E-state index contributed by atoms with van der Waals surface area (Å²) in [6.45, 7) is 0. The molecular weight excluding hydrogens is 511 g/mol. The fourth-order valence-corrected chi connectivity index (χ4v) is 5.47. The van der Waals surface area contributed by atoms with Gasteiger partial charge in [0.05, 0.1) is 21.0 Å². The largest absolute Gasteiger partial charge is 0.480 e. The number of benzene rings is 3. The average molecular weight is 539 g/mol. The van der Waals surface area contributed by atoms with Crippen LogP contribution in [0.3, 0.4) is 0 Å². The van der Waals surface area contributed by atoms with Crippen molar-refractivity contribution >= 4 is 46.7 Å². The van der Waals surface area contributed by atoms with Crippen molar-refractivity contribution in [1.29, 1.82) is 0 Å². The standard InChI is InChI=1S/C29H28Cl2N2O4/c30-22-9-6-10-23(31)25(22)26(34)32-21-13-11-19(12-14-21)17-24(27(35)36)33-28(37)29(15-4-5-16-29)18-20-7-2-1-3-8-20/h1-3,6-14,24H,4-5,15-18H2,(H,32,34)(H,33,37)(H,35,36)/t24-/m0/s1. The van der Waals surface area contributed by atoms with E-state index >= 15 is 0 Å². The van der Waals surface area contributed by atoms with Gasteiger partial charge in [-0.2, -0.15) is 0 Å². The Bertz CT molecular complexity index is 1250. The number of nitrogens with one attached hydrogen (secondary N) is 2. The molecular formula is C29H28Cl2N2O4. The molecule has 192 valence electrons. The summed E-state index contributed by atoms with van der Waals surface area (Å²) in [5.41, 5.74) is 1.88. The Morgan fingerprint density at radius 3 is 2.05 bits per heavy atom. The minimum atomic E-state index is -1.09. The number of carbonyl (C=O) groups is 3. The first-order chi connectivity index (χ1) is 17.8. The molecule has 0 heterocycles. The fourth-order valence-electron chi connectivity index (χ4n) is 4.90. The highest BCUT2D eigenvalue weighted by Crippen LogP contribution is 2.41. The van der Waals surface area contributed by atoms with Crippen molar-refractivity contribution in [2.45, 2.75) is 44.6 Å². The third-order valence-corrected chi connectivity index (χ3v) is 7.50. The molecule has 0 saturated heterocycles. The Hall–Kier alpha value is -3.35. The van der Waals surface area contributed by atoms with Crippen LogP contribution in [0, 0.1) is 5.41 Å². The highest BCUT2D eigenvalue weighted by molar-refractivity contribution is 6.40. The van der Waals surface area contributed by atoms with Gasteiger partial charge in [0.1, 0.15) is 6.04 Å². The summed E-state index contributed by atoms with van der Waals surface area (Å²) in [4.78, 5) is 38.1. The van der Waals surface area contributed by atoms with Crippen molar-refractivity contribution in [3.8, 4) is 0 Å². The monoisotopic (exact) mass is 538 g/mol. The number of rotatable bonds is 9. The molecule has 0 aromatic heterocycles. The Labute approximate surface area is 226 Å². The topological polar surface area (TPSA) is 95.5 Å². The van der Waals surface area contributed by atoms with Crippen LogP contribution in [0.2, 0.25) is 10.0 Å². The second kappa shape index (κ2) is 11.8. The lowest BCUT2D eigenvalue weighted by Gasteiger charge is -2.29. The van der Waals surface area contributed by atoms with Gasteiger partial charge in [0.15, 0.2) is 0 Å². The van der Waals surface area contributed by atoms with Crippen LogP contribution >= 0.6 is 23.2 Å². The number of carbonyl (C=O) groups excluding carboxylic acids is 2. The predicted molar refractivity (Wildman–Crippen MR) is 145 cm³/mol. The minimum absolute atomic E-state index is 0.118. The number of hydrogen-bond donors (Lipinski definition) is 3. The third-order valence-electron chi connectivity index (χ3n) is 6.87. The van der Waals surface area contributed by atoms with Gasteiger partial charge in [-0.1, -0.05) is 84.6 Å². The van der Waals surface area contributed by atoms with Crippen LogP contribution in [0.15, 0.2) is 72.8 Å². The second-order valence-electron chi connectivity index (χ2n) is 9.47. The predicted octanol–water partition coefficient (Wildman–Crippen LogP) is 6.16. The lowest BCUT2D eigenvalue weighted by Crippen LogP contribution is -2.49. The van der Waals surface area contributed by atoms with Crippen LogP contribution < -0.4 is 10.6 Å². The Balaban J connectivity index is 1.42. The molecule has 3 aromatic carbocycles. The minimum Gasteiger partial charge on any atom is -0.480 e. The van der Waals surface area contributed by atoms with E-state index in [0.29, 0.717) is 17.7 Å². The number of aliphatic carboxylic acids is 1. The first-order valence-corrected chi connectivity index (χ1v) is 12.9. The lowest BCUT2D eigenvalue weighted by atomic mass is 9.79. The zero-order valence-electron chi connectivity index (χ0n) is 20.2. The first kappa shape index (κ1) is 26.7. The van der Waals surface area contributed by atoms with E-state index in [2.05, 4.69) is 10.6 Å². The third kappa shape index (κ3) is 6.51. The van der Waals surface area contributed by atoms with Crippen LogP contribution in [0.25, 0.3) is 0 Å². The highest BCUT2D eigenvalue weighted by atomic mass is 35.5. The maximum Gasteiger partial charge on any atom is 0.326 e. The molecule has 3 aromatic rings. The van der Waals surface area contributed by atoms with Gasteiger partial charge in [-0.3, -0.25) is 9.59 Å². The van der Waals surface area contributed by atoms with Gasteiger partial charge in [-0.25, -0.2) is 4.79 Å². The van der Waals surface area contributed by atoms with Crippen LogP contribution in [-0.2, 0) is 22.4 Å². The smallest absolute Gasteiger partial charge is 0.326 e. The molecule has 2 amide bonds. The van der Waals surface area contributed by atoms with E-state index < -0.39 is 23.3 Å². The zero-order chi connectivity index (χ0) is 26.4. The van der Waals surface area contributed by atoms with Gasteiger partial charge < -0.3 is 15.7 Å². The van der Waals surface area contributed by atoms with Gasteiger partial charge in [-0.05, 0) is 54.7 Å². The molecule has 3 N–H and O–H groups in total. The second-order valence-corrected chi connectivity index (χ2v) is 10.3. The molecule has 1 aliphatic carbocycles. The van der Waals surface area contributed by atoms with Gasteiger partial charge >= 0.3 is 5.97 Å². The van der Waals surface area contributed by atoms with E-state index in [0.717, 1.165) is 31.2 Å². The molecule has 8 heteroatoms. The van der Waals surface area contributed by atoms with Crippen LogP contribution in [0.5, 0.6) is 0 Å². The summed E-state index contributed by atoms with van der Waals surface area (Å²) in [5, 5.41) is 15.9. The SMILES string of the molecule is O=C(Nc1ccc(C[C@H](NC(=O)C2(Cc3ccccc3)CCCC2)C(=O)O)cc1)c1c(Cl)cccc1Cl. The number of carboxylic acid groups (broad SMARTS) is 1. The summed E-state index contributed by atoms with van der Waals surface area (Å²) in [6, 6.07) is 20.4. The molecule has 1 saturated carbocycles. The zero-order valence-corrected chi connectivity index (χ0v) is 21.7. The van der Waals surface area contributed by atoms with Gasteiger partial charge in [0, 0.05) is 12.1 Å². The fraction of sp³-hybridized carbons (Fsp3) is 0.276. The molecule has 1 atom stereocenters. The molecule has 0 bridgehead atoms. The van der Waals surface area contributed by atoms with Gasteiger partial charge in [0.2, 0.25) is 5.91 Å². The quantitative estimate of drug-likeness (QED) is 0.304. The molecule has 0 spiro atoms. The number of amides is 2. The van der Waals surface area contributed by atoms with E-state index in [-0.39, 0.29) is 27.9 Å². The number of hydrogen-bond acceptors (Lipinski definition) is 3. The summed E-state index contributed by atoms with van der Waals surface area (Å²) < 4.78 is 0. The van der Waals surface area contributed by atoms with E-state index in [1.807, 2.05) is 30.3 Å². The molecule has 0 aliphatic heterocycles. The maximum atomic E-state index is 13.4. The van der Waals surface area contributed by atoms with Crippen LogP contribution in [-0.4, -0.2) is 28.9 Å². The van der Waals surface area contributed by atoms with Crippen molar-refractivity contribution in [2.24, 2.45) is 5.41 Å². The molecule has 1 fully saturated rings. The molecule has 4 rings (SSSR count). The summed E-state index contributed by atoms with van der Waals surface area (Å²) in [7, 11) is 0. The van der Waals surface area contributed by atoms with E-state index in [1.165, 1.54) is 0 Å². The molecule has 0 radical (unpaired) electrons.